The SMILES string of the molecule is CNCC1CCCN(c2n[nH]c(-c3cncc(C)c3)n2)C1. The second-order valence-electron chi connectivity index (χ2n) is 5.75. The first-order chi connectivity index (χ1) is 10.3. The van der Waals surface area contributed by atoms with Gasteiger partial charge < -0.3 is 10.2 Å². The van der Waals surface area contributed by atoms with Gasteiger partial charge in [0.15, 0.2) is 5.82 Å². The fourth-order valence-electron chi connectivity index (χ4n) is 2.91. The Morgan fingerprint density at radius 3 is 3.14 bits per heavy atom. The Morgan fingerprint density at radius 2 is 2.33 bits per heavy atom. The van der Waals surface area contributed by atoms with E-state index in [0.29, 0.717) is 5.92 Å². The molecule has 1 aliphatic rings. The minimum absolute atomic E-state index is 0.673. The topological polar surface area (TPSA) is 69.7 Å². The van der Waals surface area contributed by atoms with Crippen LogP contribution < -0.4 is 10.2 Å². The van der Waals surface area contributed by atoms with Gasteiger partial charge in [-0.25, -0.2) is 0 Å². The van der Waals surface area contributed by atoms with Gasteiger partial charge in [-0.3, -0.25) is 10.1 Å². The number of pyridine rings is 1. The standard InChI is InChI=1S/C15H22N6/c1-11-6-13(9-17-7-11)14-18-15(20-19-14)21-5-3-4-12(10-21)8-16-2/h6-7,9,12,16H,3-5,8,10H2,1-2H3,(H,18,19,20). The first-order valence-electron chi connectivity index (χ1n) is 7.50. The normalized spacial score (nSPS) is 19.0. The molecule has 6 heteroatoms. The van der Waals surface area contributed by atoms with Crippen molar-refractivity contribution < 1.29 is 0 Å². The van der Waals surface area contributed by atoms with Crippen molar-refractivity contribution in [3.05, 3.63) is 24.0 Å². The number of rotatable bonds is 4. The van der Waals surface area contributed by atoms with Crippen molar-refractivity contribution in [3.63, 3.8) is 0 Å². The average molecular weight is 286 g/mol. The molecule has 1 aliphatic heterocycles. The van der Waals surface area contributed by atoms with Crippen molar-refractivity contribution in [2.45, 2.75) is 19.8 Å². The molecule has 2 aromatic rings. The number of aromatic nitrogens is 4. The number of aryl methyl sites for hydroxylation is 1. The molecular formula is C15H22N6. The summed E-state index contributed by atoms with van der Waals surface area (Å²) in [6.07, 6.45) is 6.13. The van der Waals surface area contributed by atoms with Gasteiger partial charge in [0.25, 0.3) is 0 Å². The Hall–Kier alpha value is -1.95. The van der Waals surface area contributed by atoms with Gasteiger partial charge in [0, 0.05) is 31.0 Å². The summed E-state index contributed by atoms with van der Waals surface area (Å²) in [6.45, 7) is 5.13. The molecule has 112 valence electrons. The van der Waals surface area contributed by atoms with Gasteiger partial charge in [-0.05, 0) is 50.9 Å². The summed E-state index contributed by atoms with van der Waals surface area (Å²) < 4.78 is 0. The maximum Gasteiger partial charge on any atom is 0.245 e. The van der Waals surface area contributed by atoms with Gasteiger partial charge in [-0.2, -0.15) is 4.98 Å². The Balaban J connectivity index is 1.75. The third-order valence-corrected chi connectivity index (χ3v) is 3.92. The molecule has 1 fully saturated rings. The van der Waals surface area contributed by atoms with E-state index in [2.05, 4.69) is 36.4 Å². The van der Waals surface area contributed by atoms with E-state index in [1.54, 1.807) is 0 Å². The minimum Gasteiger partial charge on any atom is -0.339 e. The summed E-state index contributed by atoms with van der Waals surface area (Å²) in [5, 5.41) is 10.7. The largest absolute Gasteiger partial charge is 0.339 e. The lowest BCUT2D eigenvalue weighted by Crippen LogP contribution is -2.39. The summed E-state index contributed by atoms with van der Waals surface area (Å²) in [7, 11) is 2.01. The Morgan fingerprint density at radius 1 is 1.43 bits per heavy atom. The van der Waals surface area contributed by atoms with E-state index in [0.717, 1.165) is 42.5 Å². The van der Waals surface area contributed by atoms with Crippen LogP contribution in [-0.4, -0.2) is 46.8 Å². The zero-order chi connectivity index (χ0) is 14.7. The quantitative estimate of drug-likeness (QED) is 0.893. The molecule has 3 rings (SSSR count). The molecule has 0 aliphatic carbocycles. The van der Waals surface area contributed by atoms with Crippen LogP contribution in [0.3, 0.4) is 0 Å². The molecule has 2 aromatic heterocycles. The van der Waals surface area contributed by atoms with Gasteiger partial charge in [0.05, 0.1) is 0 Å². The molecule has 1 saturated heterocycles. The summed E-state index contributed by atoms with van der Waals surface area (Å²) >= 11 is 0. The molecule has 0 bridgehead atoms. The summed E-state index contributed by atoms with van der Waals surface area (Å²) in [5.41, 5.74) is 2.11. The van der Waals surface area contributed by atoms with Crippen molar-refractivity contribution in [1.29, 1.82) is 0 Å². The monoisotopic (exact) mass is 286 g/mol. The van der Waals surface area contributed by atoms with Crippen LogP contribution >= 0.6 is 0 Å². The lowest BCUT2D eigenvalue weighted by molar-refractivity contribution is 0.399. The average Bonchev–Trinajstić information content (AvgIpc) is 2.98. The number of aromatic amines is 1. The number of hydrogen-bond donors (Lipinski definition) is 2. The van der Waals surface area contributed by atoms with E-state index in [1.165, 1.54) is 12.8 Å². The molecule has 1 atom stereocenters. The smallest absolute Gasteiger partial charge is 0.245 e. The molecule has 0 saturated carbocycles. The minimum atomic E-state index is 0.673. The third-order valence-electron chi connectivity index (χ3n) is 3.92. The highest BCUT2D eigenvalue weighted by molar-refractivity contribution is 5.55. The van der Waals surface area contributed by atoms with Gasteiger partial charge >= 0.3 is 0 Å². The molecule has 0 aromatic carbocycles. The third kappa shape index (κ3) is 3.21. The van der Waals surface area contributed by atoms with Gasteiger partial charge in [-0.1, -0.05) is 0 Å². The Bertz CT molecular complexity index is 591. The number of anilines is 1. The Kier molecular flexibility index (Phi) is 4.15. The van der Waals surface area contributed by atoms with Crippen LogP contribution in [0.5, 0.6) is 0 Å². The van der Waals surface area contributed by atoms with E-state index in [4.69, 9.17) is 0 Å². The van der Waals surface area contributed by atoms with Crippen LogP contribution in [0.2, 0.25) is 0 Å². The summed E-state index contributed by atoms with van der Waals surface area (Å²) in [6, 6.07) is 2.07. The zero-order valence-corrected chi connectivity index (χ0v) is 12.6. The molecule has 3 heterocycles. The fourth-order valence-corrected chi connectivity index (χ4v) is 2.91. The van der Waals surface area contributed by atoms with Crippen LogP contribution in [0.1, 0.15) is 18.4 Å². The number of H-pyrrole nitrogens is 1. The highest BCUT2D eigenvalue weighted by Gasteiger charge is 2.22. The van der Waals surface area contributed by atoms with Crippen molar-refractivity contribution in [3.8, 4) is 11.4 Å². The van der Waals surface area contributed by atoms with Gasteiger partial charge in [0.2, 0.25) is 5.95 Å². The number of piperidine rings is 1. The van der Waals surface area contributed by atoms with E-state index < -0.39 is 0 Å². The van der Waals surface area contributed by atoms with E-state index in [1.807, 2.05) is 26.4 Å². The molecule has 1 unspecified atom stereocenters. The molecule has 2 N–H and O–H groups in total. The molecule has 0 spiro atoms. The maximum atomic E-state index is 4.64. The van der Waals surface area contributed by atoms with Crippen LogP contribution in [0.4, 0.5) is 5.95 Å². The Labute approximate surface area is 125 Å². The van der Waals surface area contributed by atoms with Gasteiger partial charge in [0.1, 0.15) is 0 Å². The highest BCUT2D eigenvalue weighted by atomic mass is 15.4. The molecule has 0 amide bonds. The van der Waals surface area contributed by atoms with Crippen LogP contribution in [0, 0.1) is 12.8 Å². The molecular weight excluding hydrogens is 264 g/mol. The number of nitrogens with zero attached hydrogens (tertiary/aromatic N) is 4. The van der Waals surface area contributed by atoms with Gasteiger partial charge in [-0.15, -0.1) is 5.10 Å². The van der Waals surface area contributed by atoms with Crippen LogP contribution in [-0.2, 0) is 0 Å². The van der Waals surface area contributed by atoms with Crippen molar-refractivity contribution in [1.82, 2.24) is 25.5 Å². The molecule has 21 heavy (non-hydrogen) atoms. The van der Waals surface area contributed by atoms with E-state index >= 15 is 0 Å². The summed E-state index contributed by atoms with van der Waals surface area (Å²) in [4.78, 5) is 11.1. The zero-order valence-electron chi connectivity index (χ0n) is 12.6. The second kappa shape index (κ2) is 6.22. The number of hydrogen-bond acceptors (Lipinski definition) is 5. The highest BCUT2D eigenvalue weighted by Crippen LogP contribution is 2.22. The first kappa shape index (κ1) is 14.0. The lowest BCUT2D eigenvalue weighted by Gasteiger charge is -2.31. The van der Waals surface area contributed by atoms with E-state index in [-0.39, 0.29) is 0 Å². The predicted octanol–water partition coefficient (Wildman–Crippen LogP) is 1.61. The second-order valence-corrected chi connectivity index (χ2v) is 5.75. The maximum absolute atomic E-state index is 4.64. The number of nitrogens with one attached hydrogen (secondary N) is 2. The molecule has 0 radical (unpaired) electrons. The van der Waals surface area contributed by atoms with Crippen molar-refractivity contribution >= 4 is 5.95 Å². The molecule has 6 nitrogen and oxygen atoms in total. The predicted molar refractivity (Wildman–Crippen MR) is 83.2 cm³/mol. The van der Waals surface area contributed by atoms with Crippen LogP contribution in [0.25, 0.3) is 11.4 Å². The van der Waals surface area contributed by atoms with E-state index in [9.17, 15) is 0 Å². The van der Waals surface area contributed by atoms with Crippen LogP contribution in [0.15, 0.2) is 18.5 Å². The first-order valence-corrected chi connectivity index (χ1v) is 7.50. The lowest BCUT2D eigenvalue weighted by atomic mass is 9.98. The fraction of sp³-hybridized carbons (Fsp3) is 0.533. The van der Waals surface area contributed by atoms with Crippen molar-refractivity contribution in [2.75, 3.05) is 31.6 Å². The van der Waals surface area contributed by atoms with Crippen molar-refractivity contribution in [2.24, 2.45) is 5.92 Å². The summed E-state index contributed by atoms with van der Waals surface area (Å²) in [5.74, 6) is 2.26.